The van der Waals surface area contributed by atoms with Crippen molar-refractivity contribution in [3.63, 3.8) is 0 Å². The second kappa shape index (κ2) is 4.83. The highest BCUT2D eigenvalue weighted by Gasteiger charge is 1.92. The van der Waals surface area contributed by atoms with Crippen LogP contribution in [0.15, 0.2) is 36.4 Å². The molecule has 1 aromatic rings. The average Bonchev–Trinajstić information content (AvgIpc) is 2.03. The Hall–Kier alpha value is -1.08. The monoisotopic (exact) mass is 175 g/mol. The molecule has 0 radical (unpaired) electrons. The maximum atomic E-state index is 3.84. The zero-order chi connectivity index (χ0) is 9.68. The van der Waals surface area contributed by atoms with E-state index in [1.54, 1.807) is 0 Å². The van der Waals surface area contributed by atoms with Crippen LogP contribution in [0.25, 0.3) is 0 Å². The van der Waals surface area contributed by atoms with Crippen molar-refractivity contribution in [2.24, 2.45) is 0 Å². The van der Waals surface area contributed by atoms with Crippen molar-refractivity contribution >= 4 is 0 Å². The summed E-state index contributed by atoms with van der Waals surface area (Å²) in [6.07, 6.45) is 0. The van der Waals surface area contributed by atoms with Gasteiger partial charge >= 0.3 is 0 Å². The second-order valence-electron chi connectivity index (χ2n) is 3.55. The minimum Gasteiger partial charge on any atom is -0.309 e. The fraction of sp³-hybridized carbons (Fsp3) is 0.333. The maximum absolute atomic E-state index is 3.84. The van der Waals surface area contributed by atoms with Gasteiger partial charge < -0.3 is 5.32 Å². The molecule has 0 amide bonds. The van der Waals surface area contributed by atoms with Crippen molar-refractivity contribution in [3.8, 4) is 0 Å². The third-order valence-corrected chi connectivity index (χ3v) is 1.84. The Morgan fingerprint density at radius 1 is 1.46 bits per heavy atom. The molecule has 1 N–H and O–H groups in total. The second-order valence-corrected chi connectivity index (χ2v) is 3.55. The third-order valence-electron chi connectivity index (χ3n) is 1.84. The molecule has 0 atom stereocenters. The summed E-state index contributed by atoms with van der Waals surface area (Å²) < 4.78 is 0. The first kappa shape index (κ1) is 10.0. The summed E-state index contributed by atoms with van der Waals surface area (Å²) in [5, 5.41) is 3.33. The molecule has 0 spiro atoms. The standard InChI is InChI=1S/C12H17N/c1-10(2)8-13-9-12-6-4-5-11(3)7-12/h4-7,13H,1,8-9H2,2-3H3. The SMILES string of the molecule is C=C(C)CNCc1cccc(C)c1. The number of hydrogen-bond donors (Lipinski definition) is 1. The molecular weight excluding hydrogens is 158 g/mol. The Labute approximate surface area is 80.5 Å². The third kappa shape index (κ3) is 3.90. The van der Waals surface area contributed by atoms with Gasteiger partial charge in [-0.15, -0.1) is 0 Å². The van der Waals surface area contributed by atoms with E-state index in [2.05, 4.69) is 43.1 Å². The molecule has 1 heteroatoms. The van der Waals surface area contributed by atoms with E-state index in [9.17, 15) is 0 Å². The fourth-order valence-electron chi connectivity index (χ4n) is 1.24. The zero-order valence-electron chi connectivity index (χ0n) is 8.43. The highest BCUT2D eigenvalue weighted by molar-refractivity contribution is 5.22. The van der Waals surface area contributed by atoms with Crippen LogP contribution in [0.4, 0.5) is 0 Å². The molecule has 0 saturated carbocycles. The molecule has 0 heterocycles. The summed E-state index contributed by atoms with van der Waals surface area (Å²) in [6.45, 7) is 9.81. The van der Waals surface area contributed by atoms with E-state index in [1.807, 2.05) is 6.92 Å². The van der Waals surface area contributed by atoms with Crippen LogP contribution in [-0.4, -0.2) is 6.54 Å². The molecule has 0 fully saturated rings. The van der Waals surface area contributed by atoms with Crippen molar-refractivity contribution in [2.75, 3.05) is 6.54 Å². The predicted octanol–water partition coefficient (Wildman–Crippen LogP) is 2.66. The maximum Gasteiger partial charge on any atom is 0.0208 e. The Morgan fingerprint density at radius 2 is 2.23 bits per heavy atom. The van der Waals surface area contributed by atoms with Crippen molar-refractivity contribution in [1.82, 2.24) is 5.32 Å². The molecule has 0 bridgehead atoms. The summed E-state index contributed by atoms with van der Waals surface area (Å²) in [5.74, 6) is 0. The molecule has 0 unspecified atom stereocenters. The normalized spacial score (nSPS) is 10.0. The Balaban J connectivity index is 2.41. The molecular formula is C12H17N. The molecule has 70 valence electrons. The van der Waals surface area contributed by atoms with Gasteiger partial charge in [-0.05, 0) is 19.4 Å². The summed E-state index contributed by atoms with van der Waals surface area (Å²) in [6, 6.07) is 8.54. The fourth-order valence-corrected chi connectivity index (χ4v) is 1.24. The van der Waals surface area contributed by atoms with Crippen molar-refractivity contribution in [2.45, 2.75) is 20.4 Å². The van der Waals surface area contributed by atoms with E-state index < -0.39 is 0 Å². The summed E-state index contributed by atoms with van der Waals surface area (Å²) in [5.41, 5.74) is 3.82. The smallest absolute Gasteiger partial charge is 0.0208 e. The van der Waals surface area contributed by atoms with Gasteiger partial charge in [0.05, 0.1) is 0 Å². The zero-order valence-corrected chi connectivity index (χ0v) is 8.43. The van der Waals surface area contributed by atoms with Gasteiger partial charge in [-0.1, -0.05) is 42.0 Å². The van der Waals surface area contributed by atoms with E-state index in [0.717, 1.165) is 13.1 Å². The van der Waals surface area contributed by atoms with E-state index in [4.69, 9.17) is 0 Å². The topological polar surface area (TPSA) is 12.0 Å². The summed E-state index contributed by atoms with van der Waals surface area (Å²) in [4.78, 5) is 0. The van der Waals surface area contributed by atoms with Crippen LogP contribution in [0, 0.1) is 6.92 Å². The molecule has 0 aliphatic heterocycles. The Morgan fingerprint density at radius 3 is 2.85 bits per heavy atom. The lowest BCUT2D eigenvalue weighted by atomic mass is 10.1. The van der Waals surface area contributed by atoms with E-state index in [1.165, 1.54) is 16.7 Å². The minimum absolute atomic E-state index is 0.897. The largest absolute Gasteiger partial charge is 0.309 e. The van der Waals surface area contributed by atoms with Gasteiger partial charge in [0.1, 0.15) is 0 Å². The van der Waals surface area contributed by atoms with E-state index in [0.29, 0.717) is 0 Å². The van der Waals surface area contributed by atoms with Crippen LogP contribution < -0.4 is 5.32 Å². The number of hydrogen-bond acceptors (Lipinski definition) is 1. The van der Waals surface area contributed by atoms with Crippen LogP contribution in [0.3, 0.4) is 0 Å². The first-order valence-corrected chi connectivity index (χ1v) is 4.59. The first-order valence-electron chi connectivity index (χ1n) is 4.59. The lowest BCUT2D eigenvalue weighted by Crippen LogP contribution is -2.15. The summed E-state index contributed by atoms with van der Waals surface area (Å²) >= 11 is 0. The van der Waals surface area contributed by atoms with Gasteiger partial charge in [-0.2, -0.15) is 0 Å². The first-order chi connectivity index (χ1) is 6.18. The van der Waals surface area contributed by atoms with Crippen LogP contribution in [0.2, 0.25) is 0 Å². The molecule has 0 aliphatic rings. The minimum atomic E-state index is 0.897. The molecule has 13 heavy (non-hydrogen) atoms. The van der Waals surface area contributed by atoms with Crippen LogP contribution in [-0.2, 0) is 6.54 Å². The molecule has 1 nitrogen and oxygen atoms in total. The van der Waals surface area contributed by atoms with Gasteiger partial charge in [-0.25, -0.2) is 0 Å². The highest BCUT2D eigenvalue weighted by Crippen LogP contribution is 2.03. The number of rotatable bonds is 4. The Kier molecular flexibility index (Phi) is 3.71. The molecule has 1 aromatic carbocycles. The number of aryl methyl sites for hydroxylation is 1. The lowest BCUT2D eigenvalue weighted by Gasteiger charge is -2.04. The van der Waals surface area contributed by atoms with Crippen molar-refractivity contribution in [3.05, 3.63) is 47.5 Å². The van der Waals surface area contributed by atoms with Gasteiger partial charge in [-0.3, -0.25) is 0 Å². The van der Waals surface area contributed by atoms with Gasteiger partial charge in [0.15, 0.2) is 0 Å². The Bertz CT molecular complexity index is 289. The summed E-state index contributed by atoms with van der Waals surface area (Å²) in [7, 11) is 0. The quantitative estimate of drug-likeness (QED) is 0.694. The molecule has 0 aliphatic carbocycles. The van der Waals surface area contributed by atoms with E-state index >= 15 is 0 Å². The van der Waals surface area contributed by atoms with Gasteiger partial charge in [0, 0.05) is 13.1 Å². The molecule has 0 saturated heterocycles. The number of nitrogens with one attached hydrogen (secondary N) is 1. The van der Waals surface area contributed by atoms with Crippen molar-refractivity contribution in [1.29, 1.82) is 0 Å². The van der Waals surface area contributed by atoms with Crippen LogP contribution in [0.5, 0.6) is 0 Å². The van der Waals surface area contributed by atoms with Gasteiger partial charge in [0.25, 0.3) is 0 Å². The van der Waals surface area contributed by atoms with Gasteiger partial charge in [0.2, 0.25) is 0 Å². The average molecular weight is 175 g/mol. The predicted molar refractivity (Wildman–Crippen MR) is 57.7 cm³/mol. The highest BCUT2D eigenvalue weighted by atomic mass is 14.8. The molecule has 1 rings (SSSR count). The number of benzene rings is 1. The van der Waals surface area contributed by atoms with Crippen LogP contribution in [0.1, 0.15) is 18.1 Å². The molecule has 0 aromatic heterocycles. The van der Waals surface area contributed by atoms with Crippen LogP contribution >= 0.6 is 0 Å². The van der Waals surface area contributed by atoms with Crippen molar-refractivity contribution < 1.29 is 0 Å². The van der Waals surface area contributed by atoms with E-state index in [-0.39, 0.29) is 0 Å². The lowest BCUT2D eigenvalue weighted by molar-refractivity contribution is 0.740.